The van der Waals surface area contributed by atoms with Crippen LogP contribution in [-0.2, 0) is 4.74 Å². The molecule has 0 heterocycles. The summed E-state index contributed by atoms with van der Waals surface area (Å²) >= 11 is 0. The van der Waals surface area contributed by atoms with Crippen molar-refractivity contribution < 1.29 is 14.2 Å². The molecule has 1 aliphatic carbocycles. The Kier molecular flexibility index (Phi) is 8.01. The molecule has 0 aliphatic heterocycles. The largest absolute Gasteiger partial charge is 0.493 e. The van der Waals surface area contributed by atoms with Gasteiger partial charge in [0.2, 0.25) is 0 Å². The molecule has 1 aromatic carbocycles. The number of ether oxygens (including phenoxy) is 3. The standard InChI is InChI=1S/C19H31N3O3.HI/c1-8-25-15-11-13(9-10-14(15)23-6)21-17(20-5)22-16-12-19(4,24-7)18(16,2)3;/h9-11,16H,8,12H2,1-7H3,(H2,20,21,22);1H. The third-order valence-corrected chi connectivity index (χ3v) is 5.54. The van der Waals surface area contributed by atoms with Crippen LogP contribution < -0.4 is 20.1 Å². The fourth-order valence-corrected chi connectivity index (χ4v) is 3.20. The van der Waals surface area contributed by atoms with Gasteiger partial charge in [-0.05, 0) is 32.4 Å². The van der Waals surface area contributed by atoms with Crippen molar-refractivity contribution in [1.29, 1.82) is 0 Å². The second-order valence-corrected chi connectivity index (χ2v) is 7.05. The number of rotatable bonds is 6. The van der Waals surface area contributed by atoms with Crippen LogP contribution in [0.4, 0.5) is 5.69 Å². The molecule has 1 saturated carbocycles. The van der Waals surface area contributed by atoms with E-state index in [1.807, 2.05) is 25.1 Å². The van der Waals surface area contributed by atoms with Crippen LogP contribution in [-0.4, -0.2) is 45.5 Å². The molecule has 0 bridgehead atoms. The number of hydrogen-bond donors (Lipinski definition) is 2. The minimum Gasteiger partial charge on any atom is -0.493 e. The molecule has 7 heteroatoms. The predicted octanol–water partition coefficient (Wildman–Crippen LogP) is 3.90. The third kappa shape index (κ3) is 4.36. The molecule has 2 N–H and O–H groups in total. The van der Waals surface area contributed by atoms with Crippen molar-refractivity contribution in [2.75, 3.05) is 33.2 Å². The zero-order valence-electron chi connectivity index (χ0n) is 16.8. The maximum absolute atomic E-state index is 5.69. The lowest BCUT2D eigenvalue weighted by Gasteiger charge is -2.59. The van der Waals surface area contributed by atoms with Gasteiger partial charge in [0.1, 0.15) is 0 Å². The van der Waals surface area contributed by atoms with Crippen LogP contribution in [0.5, 0.6) is 11.5 Å². The number of benzene rings is 1. The first-order valence-corrected chi connectivity index (χ1v) is 8.67. The predicted molar refractivity (Wildman–Crippen MR) is 117 cm³/mol. The first-order chi connectivity index (χ1) is 11.8. The fraction of sp³-hybridized carbons (Fsp3) is 0.632. The van der Waals surface area contributed by atoms with E-state index in [0.29, 0.717) is 18.1 Å². The summed E-state index contributed by atoms with van der Waals surface area (Å²) in [7, 11) is 5.18. The topological polar surface area (TPSA) is 64.1 Å². The van der Waals surface area contributed by atoms with Crippen LogP contribution >= 0.6 is 24.0 Å². The molecule has 26 heavy (non-hydrogen) atoms. The van der Waals surface area contributed by atoms with Crippen molar-refractivity contribution in [3.8, 4) is 11.5 Å². The van der Waals surface area contributed by atoms with E-state index in [4.69, 9.17) is 14.2 Å². The van der Waals surface area contributed by atoms with Gasteiger partial charge in [0.05, 0.1) is 19.3 Å². The second kappa shape index (κ2) is 9.12. The van der Waals surface area contributed by atoms with Gasteiger partial charge in [0.25, 0.3) is 0 Å². The highest BCUT2D eigenvalue weighted by Crippen LogP contribution is 2.51. The monoisotopic (exact) mass is 477 g/mol. The van der Waals surface area contributed by atoms with Crippen LogP contribution in [0, 0.1) is 5.41 Å². The number of aliphatic imine (C=N–C) groups is 1. The molecule has 2 unspecified atom stereocenters. The Hall–Kier alpha value is -1.22. The van der Waals surface area contributed by atoms with Crippen molar-refractivity contribution in [3.63, 3.8) is 0 Å². The quantitative estimate of drug-likeness (QED) is 0.370. The van der Waals surface area contributed by atoms with Gasteiger partial charge < -0.3 is 24.8 Å². The molecule has 6 nitrogen and oxygen atoms in total. The SMILES string of the molecule is CCOc1cc(NC(=NC)NC2CC(C)(OC)C2(C)C)ccc1OC.I. The number of methoxy groups -OCH3 is 2. The second-order valence-electron chi connectivity index (χ2n) is 7.05. The lowest BCUT2D eigenvalue weighted by Crippen LogP contribution is -2.69. The number of nitrogens with one attached hydrogen (secondary N) is 2. The Balaban J connectivity index is 0.00000338. The van der Waals surface area contributed by atoms with Crippen LogP contribution in [0.2, 0.25) is 0 Å². The van der Waals surface area contributed by atoms with Gasteiger partial charge >= 0.3 is 0 Å². The first kappa shape index (κ1) is 22.8. The molecule has 2 rings (SSSR count). The third-order valence-electron chi connectivity index (χ3n) is 5.54. The van der Waals surface area contributed by atoms with Gasteiger partial charge in [-0.2, -0.15) is 0 Å². The van der Waals surface area contributed by atoms with Gasteiger partial charge in [-0.15, -0.1) is 24.0 Å². The Bertz CT molecular complexity index is 636. The molecular weight excluding hydrogens is 445 g/mol. The summed E-state index contributed by atoms with van der Waals surface area (Å²) in [6.45, 7) is 9.11. The van der Waals surface area contributed by atoms with Gasteiger partial charge in [0.15, 0.2) is 17.5 Å². The molecule has 1 aliphatic rings. The van der Waals surface area contributed by atoms with E-state index in [-0.39, 0.29) is 41.0 Å². The zero-order valence-corrected chi connectivity index (χ0v) is 19.1. The molecule has 0 spiro atoms. The van der Waals surface area contributed by atoms with Gasteiger partial charge in [-0.1, -0.05) is 13.8 Å². The fourth-order valence-electron chi connectivity index (χ4n) is 3.20. The highest BCUT2D eigenvalue weighted by molar-refractivity contribution is 14.0. The highest BCUT2D eigenvalue weighted by atomic mass is 127. The Morgan fingerprint density at radius 1 is 1.23 bits per heavy atom. The van der Waals surface area contributed by atoms with Crippen molar-refractivity contribution in [1.82, 2.24) is 5.32 Å². The summed E-state index contributed by atoms with van der Waals surface area (Å²) in [5.41, 5.74) is 0.783. The van der Waals surface area contributed by atoms with Gasteiger partial charge in [0, 0.05) is 37.4 Å². The van der Waals surface area contributed by atoms with Crippen LogP contribution in [0.1, 0.15) is 34.1 Å². The van der Waals surface area contributed by atoms with Crippen molar-refractivity contribution >= 4 is 35.6 Å². The average Bonchev–Trinajstić information content (AvgIpc) is 2.60. The van der Waals surface area contributed by atoms with Gasteiger partial charge in [-0.25, -0.2) is 0 Å². The lowest BCUT2D eigenvalue weighted by atomic mass is 9.56. The number of anilines is 1. The molecule has 0 saturated heterocycles. The summed E-state index contributed by atoms with van der Waals surface area (Å²) in [6, 6.07) is 6.03. The summed E-state index contributed by atoms with van der Waals surface area (Å²) in [5, 5.41) is 6.82. The van der Waals surface area contributed by atoms with Crippen LogP contribution in [0.15, 0.2) is 23.2 Å². The van der Waals surface area contributed by atoms with Gasteiger partial charge in [-0.3, -0.25) is 4.99 Å². The maximum Gasteiger partial charge on any atom is 0.195 e. The van der Waals surface area contributed by atoms with E-state index >= 15 is 0 Å². The van der Waals surface area contributed by atoms with E-state index in [2.05, 4.69) is 36.4 Å². The highest BCUT2D eigenvalue weighted by Gasteiger charge is 2.58. The number of nitrogens with zero attached hydrogens (tertiary/aromatic N) is 1. The molecule has 0 radical (unpaired) electrons. The van der Waals surface area contributed by atoms with E-state index in [9.17, 15) is 0 Å². The van der Waals surface area contributed by atoms with E-state index in [1.165, 1.54) is 0 Å². The molecule has 0 amide bonds. The van der Waals surface area contributed by atoms with Crippen molar-refractivity contribution in [2.24, 2.45) is 10.4 Å². The first-order valence-electron chi connectivity index (χ1n) is 8.67. The van der Waals surface area contributed by atoms with E-state index < -0.39 is 0 Å². The Morgan fingerprint density at radius 3 is 2.42 bits per heavy atom. The van der Waals surface area contributed by atoms with E-state index in [1.54, 1.807) is 21.3 Å². The smallest absolute Gasteiger partial charge is 0.195 e. The minimum absolute atomic E-state index is 0. The molecular formula is C19H32IN3O3. The lowest BCUT2D eigenvalue weighted by molar-refractivity contribution is -0.176. The molecule has 148 valence electrons. The van der Waals surface area contributed by atoms with Crippen LogP contribution in [0.25, 0.3) is 0 Å². The summed E-state index contributed by atoms with van der Waals surface area (Å²) in [6.07, 6.45) is 0.935. The normalized spacial score (nSPS) is 24.1. The Labute approximate surface area is 174 Å². The molecule has 1 fully saturated rings. The zero-order chi connectivity index (χ0) is 18.7. The number of hydrogen-bond acceptors (Lipinski definition) is 4. The summed E-state index contributed by atoms with van der Waals surface area (Å²) < 4.78 is 16.6. The molecule has 0 aromatic heterocycles. The maximum atomic E-state index is 5.69. The Morgan fingerprint density at radius 2 is 1.92 bits per heavy atom. The minimum atomic E-state index is -0.119. The van der Waals surface area contributed by atoms with Crippen molar-refractivity contribution in [3.05, 3.63) is 18.2 Å². The van der Waals surface area contributed by atoms with E-state index in [0.717, 1.165) is 18.1 Å². The average molecular weight is 477 g/mol. The summed E-state index contributed by atoms with van der Waals surface area (Å²) in [5.74, 6) is 2.15. The van der Waals surface area contributed by atoms with Crippen LogP contribution in [0.3, 0.4) is 0 Å². The molecule has 1 aromatic rings. The van der Waals surface area contributed by atoms with Crippen molar-refractivity contribution in [2.45, 2.75) is 45.8 Å². The number of halogens is 1. The molecule has 2 atom stereocenters. The summed E-state index contributed by atoms with van der Waals surface area (Å²) in [4.78, 5) is 4.34. The number of guanidine groups is 1.